The molecule has 0 atom stereocenters. The van der Waals surface area contributed by atoms with E-state index in [9.17, 15) is 23.1 Å². The van der Waals surface area contributed by atoms with Crippen LogP contribution < -0.4 is 15.1 Å². The van der Waals surface area contributed by atoms with E-state index in [2.05, 4.69) is 9.97 Å². The Morgan fingerprint density at radius 1 is 1.12 bits per heavy atom. The van der Waals surface area contributed by atoms with E-state index in [0.29, 0.717) is 17.5 Å². The lowest BCUT2D eigenvalue weighted by molar-refractivity contribution is -0.254. The van der Waals surface area contributed by atoms with Crippen LogP contribution in [0, 0.1) is 0 Å². The second-order valence-corrected chi connectivity index (χ2v) is 7.53. The summed E-state index contributed by atoms with van der Waals surface area (Å²) in [6.45, 7) is 1.88. The number of sulfonamides is 1. The van der Waals surface area contributed by atoms with Crippen LogP contribution in [0.15, 0.2) is 52.2 Å². The fraction of sp³-hybridized carbons (Fsp3) is 0.176. The molecule has 1 aromatic heterocycles. The Morgan fingerprint density at radius 2 is 1.81 bits per heavy atom. The molecule has 0 fully saturated rings. The zero-order chi connectivity index (χ0) is 18.9. The number of aromatic carboxylic acids is 1. The van der Waals surface area contributed by atoms with Gasteiger partial charge in [0.25, 0.3) is 10.0 Å². The molecule has 0 spiro atoms. The van der Waals surface area contributed by atoms with Crippen molar-refractivity contribution in [2.75, 3.05) is 10.8 Å². The molecule has 0 aliphatic heterocycles. The molecule has 0 bridgehead atoms. The number of H-pyrrole nitrogens is 2. The smallest absolute Gasteiger partial charge is 0.323 e. The lowest BCUT2D eigenvalue weighted by Gasteiger charge is -2.26. The van der Waals surface area contributed by atoms with Crippen LogP contribution in [0.5, 0.6) is 0 Å². The van der Waals surface area contributed by atoms with E-state index in [4.69, 9.17) is 0 Å². The minimum absolute atomic E-state index is 0.0389. The van der Waals surface area contributed by atoms with Crippen LogP contribution in [-0.4, -0.2) is 30.9 Å². The van der Waals surface area contributed by atoms with Crippen molar-refractivity contribution in [1.29, 1.82) is 0 Å². The summed E-state index contributed by atoms with van der Waals surface area (Å²) in [7, 11) is -4.05. The number of imidazole rings is 1. The quantitative estimate of drug-likeness (QED) is 0.661. The van der Waals surface area contributed by atoms with E-state index in [0.717, 1.165) is 4.31 Å². The van der Waals surface area contributed by atoms with Gasteiger partial charge in [-0.25, -0.2) is 13.2 Å². The highest BCUT2D eigenvalue weighted by Gasteiger charge is 2.26. The van der Waals surface area contributed by atoms with Crippen LogP contribution >= 0.6 is 0 Å². The molecular formula is C17H16N3O5S-. The van der Waals surface area contributed by atoms with Crippen molar-refractivity contribution in [3.05, 3.63) is 58.5 Å². The van der Waals surface area contributed by atoms with Gasteiger partial charge in [-0.2, -0.15) is 0 Å². The van der Waals surface area contributed by atoms with E-state index in [1.54, 1.807) is 13.0 Å². The Kier molecular flexibility index (Phi) is 4.56. The van der Waals surface area contributed by atoms with E-state index >= 15 is 0 Å². The third-order valence-electron chi connectivity index (χ3n) is 3.89. The minimum atomic E-state index is -4.05. The summed E-state index contributed by atoms with van der Waals surface area (Å²) in [5, 5.41) is 11.4. The lowest BCUT2D eigenvalue weighted by Crippen LogP contribution is -2.34. The average Bonchev–Trinajstić information content (AvgIpc) is 2.98. The van der Waals surface area contributed by atoms with Crippen LogP contribution in [0.25, 0.3) is 11.0 Å². The molecule has 0 saturated heterocycles. The first-order valence-corrected chi connectivity index (χ1v) is 9.33. The monoisotopic (exact) mass is 374 g/mol. The summed E-state index contributed by atoms with van der Waals surface area (Å²) in [6, 6.07) is 9.98. The Morgan fingerprint density at radius 3 is 2.50 bits per heavy atom. The fourth-order valence-electron chi connectivity index (χ4n) is 2.74. The first kappa shape index (κ1) is 17.7. The summed E-state index contributed by atoms with van der Waals surface area (Å²) in [6.07, 6.45) is 0.476. The number of rotatable bonds is 6. The molecule has 136 valence electrons. The average molecular weight is 374 g/mol. The molecule has 0 radical (unpaired) electrons. The van der Waals surface area contributed by atoms with Crippen molar-refractivity contribution in [3.63, 3.8) is 0 Å². The molecule has 2 aromatic carbocycles. The highest BCUT2D eigenvalue weighted by molar-refractivity contribution is 7.92. The molecular weight excluding hydrogens is 358 g/mol. The highest BCUT2D eigenvalue weighted by Crippen LogP contribution is 2.28. The number of nitrogens with zero attached hydrogens (tertiary/aromatic N) is 1. The number of para-hydroxylation sites is 1. The number of hydrogen-bond acceptors (Lipinski definition) is 5. The molecule has 1 heterocycles. The van der Waals surface area contributed by atoms with Crippen LogP contribution in [-0.2, 0) is 10.0 Å². The molecule has 0 saturated carbocycles. The predicted octanol–water partition coefficient (Wildman–Crippen LogP) is 0.825. The molecule has 0 aliphatic carbocycles. The van der Waals surface area contributed by atoms with Gasteiger partial charge in [0.05, 0.1) is 27.6 Å². The standard InChI is InChI=1S/C17H17N3O5S/c1-2-9-20(15-6-4-3-5-12(15)16(21)22)26(24,25)11-7-8-13-14(10-11)19-17(23)18-13/h3-8,10H,2,9H2,1H3,(H,21,22)(H2,18,19,23)/p-1. The SMILES string of the molecule is CCCN(c1ccccc1C(=O)[O-])S(=O)(=O)c1ccc2[nH]c(=O)[nH]c2c1. The molecule has 3 aromatic rings. The molecule has 0 aliphatic rings. The van der Waals surface area contributed by atoms with E-state index in [1.165, 1.54) is 36.4 Å². The molecule has 2 N–H and O–H groups in total. The van der Waals surface area contributed by atoms with Crippen LogP contribution in [0.1, 0.15) is 23.7 Å². The normalized spacial score (nSPS) is 11.6. The first-order chi connectivity index (χ1) is 12.3. The second kappa shape index (κ2) is 6.68. The van der Waals surface area contributed by atoms with Gasteiger partial charge in [-0.3, -0.25) is 4.31 Å². The summed E-state index contributed by atoms with van der Waals surface area (Å²) in [5.41, 5.74) is 0.215. The number of anilines is 1. The molecule has 0 unspecified atom stereocenters. The molecule has 26 heavy (non-hydrogen) atoms. The summed E-state index contributed by atoms with van der Waals surface area (Å²) in [4.78, 5) is 27.8. The maximum Gasteiger partial charge on any atom is 0.323 e. The van der Waals surface area contributed by atoms with Crippen molar-refractivity contribution in [2.24, 2.45) is 0 Å². The number of hydrogen-bond donors (Lipinski definition) is 2. The Labute approximate surface area is 149 Å². The summed E-state index contributed by atoms with van der Waals surface area (Å²) in [5.74, 6) is -1.46. The maximum absolute atomic E-state index is 13.2. The van der Waals surface area contributed by atoms with Gasteiger partial charge in [-0.05, 0) is 30.7 Å². The van der Waals surface area contributed by atoms with Gasteiger partial charge in [0.1, 0.15) is 0 Å². The molecule has 9 heteroatoms. The third kappa shape index (κ3) is 3.08. The highest BCUT2D eigenvalue weighted by atomic mass is 32.2. The summed E-state index contributed by atoms with van der Waals surface area (Å²) >= 11 is 0. The number of fused-ring (bicyclic) bond motifs is 1. The number of aromatic amines is 2. The minimum Gasteiger partial charge on any atom is -0.545 e. The van der Waals surface area contributed by atoms with Crippen LogP contribution in [0.4, 0.5) is 5.69 Å². The number of benzene rings is 2. The van der Waals surface area contributed by atoms with Crippen LogP contribution in [0.2, 0.25) is 0 Å². The largest absolute Gasteiger partial charge is 0.545 e. The van der Waals surface area contributed by atoms with Gasteiger partial charge in [0.2, 0.25) is 0 Å². The maximum atomic E-state index is 13.2. The molecule has 3 rings (SSSR count). The Balaban J connectivity index is 2.17. The van der Waals surface area contributed by atoms with Crippen molar-refractivity contribution < 1.29 is 18.3 Å². The van der Waals surface area contributed by atoms with Gasteiger partial charge in [0.15, 0.2) is 0 Å². The summed E-state index contributed by atoms with van der Waals surface area (Å²) < 4.78 is 27.4. The number of nitrogens with one attached hydrogen (secondary N) is 2. The number of carbonyl (C=O) groups is 1. The van der Waals surface area contributed by atoms with Gasteiger partial charge in [-0.15, -0.1) is 0 Å². The zero-order valence-electron chi connectivity index (χ0n) is 13.9. The molecule has 0 amide bonds. The van der Waals surface area contributed by atoms with E-state index in [-0.39, 0.29) is 22.7 Å². The van der Waals surface area contributed by atoms with Gasteiger partial charge in [0, 0.05) is 12.1 Å². The Bertz CT molecular complexity index is 1130. The van der Waals surface area contributed by atoms with Gasteiger partial charge < -0.3 is 19.9 Å². The first-order valence-electron chi connectivity index (χ1n) is 7.89. The van der Waals surface area contributed by atoms with E-state index in [1.807, 2.05) is 0 Å². The number of carboxylic acid groups (broad SMARTS) is 1. The Hall–Kier alpha value is -3.07. The van der Waals surface area contributed by atoms with Crippen molar-refractivity contribution in [1.82, 2.24) is 9.97 Å². The second-order valence-electron chi connectivity index (χ2n) is 5.67. The van der Waals surface area contributed by atoms with Crippen molar-refractivity contribution in [3.8, 4) is 0 Å². The third-order valence-corrected chi connectivity index (χ3v) is 5.70. The topological polar surface area (TPSA) is 126 Å². The number of carboxylic acids is 1. The molecule has 8 nitrogen and oxygen atoms in total. The number of carbonyl (C=O) groups excluding carboxylic acids is 1. The fourth-order valence-corrected chi connectivity index (χ4v) is 4.34. The zero-order valence-corrected chi connectivity index (χ0v) is 14.7. The van der Waals surface area contributed by atoms with Gasteiger partial charge >= 0.3 is 5.69 Å². The van der Waals surface area contributed by atoms with Crippen LogP contribution in [0.3, 0.4) is 0 Å². The van der Waals surface area contributed by atoms with Crippen molar-refractivity contribution >= 4 is 32.7 Å². The van der Waals surface area contributed by atoms with Gasteiger partial charge in [-0.1, -0.05) is 25.1 Å². The van der Waals surface area contributed by atoms with Crippen molar-refractivity contribution in [2.45, 2.75) is 18.2 Å². The predicted molar refractivity (Wildman–Crippen MR) is 94.5 cm³/mol. The number of aromatic nitrogens is 2. The lowest BCUT2D eigenvalue weighted by atomic mass is 10.2. The van der Waals surface area contributed by atoms with E-state index < -0.39 is 21.7 Å².